The monoisotopic (exact) mass is 331 g/mol. The predicted molar refractivity (Wildman–Crippen MR) is 91.2 cm³/mol. The third kappa shape index (κ3) is 3.99. The summed E-state index contributed by atoms with van der Waals surface area (Å²) >= 11 is 0. The number of rotatable bonds is 4. The fraction of sp³-hybridized carbons (Fsp3) is 0.556. The molecule has 1 aliphatic heterocycles. The van der Waals surface area contributed by atoms with Crippen molar-refractivity contribution >= 4 is 11.9 Å². The third-order valence-electron chi connectivity index (χ3n) is 4.77. The Morgan fingerprint density at radius 3 is 2.92 bits per heavy atom. The highest BCUT2D eigenvalue weighted by Crippen LogP contribution is 2.26. The standard InChI is InChI=1S/C18H25N3O3/c1-19-18(23)20-15-6-3-9-21(11-15)17(22)12-24-16-8-7-13-4-2-5-14(13)10-16/h7-8,10,15H,2-6,9,11-12H2,1H3,(H2,19,20,23). The highest BCUT2D eigenvalue weighted by Gasteiger charge is 2.24. The maximum atomic E-state index is 12.4. The molecule has 0 bridgehead atoms. The molecule has 1 heterocycles. The minimum absolute atomic E-state index is 0.00245. The van der Waals surface area contributed by atoms with Gasteiger partial charge in [-0.2, -0.15) is 0 Å². The maximum Gasteiger partial charge on any atom is 0.314 e. The second-order valence-corrected chi connectivity index (χ2v) is 6.48. The van der Waals surface area contributed by atoms with Crippen LogP contribution in [0, 0.1) is 0 Å². The molecule has 0 aromatic heterocycles. The number of urea groups is 1. The van der Waals surface area contributed by atoms with Gasteiger partial charge in [0, 0.05) is 26.2 Å². The molecule has 2 aliphatic rings. The Hall–Kier alpha value is -2.24. The molecule has 1 aliphatic carbocycles. The Kier molecular flexibility index (Phi) is 5.23. The molecule has 6 heteroatoms. The number of ether oxygens (including phenoxy) is 1. The number of likely N-dealkylation sites (tertiary alicyclic amines) is 1. The van der Waals surface area contributed by atoms with Gasteiger partial charge < -0.3 is 20.3 Å². The Morgan fingerprint density at radius 1 is 1.25 bits per heavy atom. The van der Waals surface area contributed by atoms with E-state index in [2.05, 4.69) is 22.8 Å². The van der Waals surface area contributed by atoms with E-state index >= 15 is 0 Å². The number of amides is 3. The van der Waals surface area contributed by atoms with Crippen LogP contribution < -0.4 is 15.4 Å². The van der Waals surface area contributed by atoms with Gasteiger partial charge in [0.15, 0.2) is 6.61 Å². The molecule has 1 aromatic rings. The fourth-order valence-corrected chi connectivity index (χ4v) is 3.45. The minimum Gasteiger partial charge on any atom is -0.484 e. The summed E-state index contributed by atoms with van der Waals surface area (Å²) in [6, 6.07) is 5.91. The van der Waals surface area contributed by atoms with Crippen molar-refractivity contribution in [3.63, 3.8) is 0 Å². The van der Waals surface area contributed by atoms with Crippen molar-refractivity contribution in [1.29, 1.82) is 0 Å². The highest BCUT2D eigenvalue weighted by atomic mass is 16.5. The first-order chi connectivity index (χ1) is 11.7. The average molecular weight is 331 g/mol. The van der Waals surface area contributed by atoms with Crippen LogP contribution in [-0.2, 0) is 17.6 Å². The molecule has 0 radical (unpaired) electrons. The molecule has 1 fully saturated rings. The molecule has 1 unspecified atom stereocenters. The first kappa shape index (κ1) is 16.6. The topological polar surface area (TPSA) is 70.7 Å². The zero-order chi connectivity index (χ0) is 16.9. The number of nitrogens with one attached hydrogen (secondary N) is 2. The number of piperidine rings is 1. The lowest BCUT2D eigenvalue weighted by Gasteiger charge is -2.33. The Morgan fingerprint density at radius 2 is 2.08 bits per heavy atom. The van der Waals surface area contributed by atoms with E-state index in [1.165, 1.54) is 17.5 Å². The molecule has 130 valence electrons. The number of carbonyl (C=O) groups is 2. The number of nitrogens with zero attached hydrogens (tertiary/aromatic N) is 1. The van der Waals surface area contributed by atoms with Crippen LogP contribution in [0.4, 0.5) is 4.79 Å². The van der Waals surface area contributed by atoms with Crippen LogP contribution in [0.1, 0.15) is 30.4 Å². The predicted octanol–water partition coefficient (Wildman–Crippen LogP) is 1.47. The second kappa shape index (κ2) is 7.55. The van der Waals surface area contributed by atoms with E-state index in [1.807, 2.05) is 6.07 Å². The van der Waals surface area contributed by atoms with Crippen molar-refractivity contribution in [3.8, 4) is 5.75 Å². The summed E-state index contributed by atoms with van der Waals surface area (Å²) in [5, 5.41) is 5.42. The SMILES string of the molecule is CNC(=O)NC1CCCN(C(=O)COc2ccc3c(c2)CCC3)C1. The minimum atomic E-state index is -0.205. The zero-order valence-corrected chi connectivity index (χ0v) is 14.1. The lowest BCUT2D eigenvalue weighted by molar-refractivity contribution is -0.134. The average Bonchev–Trinajstić information content (AvgIpc) is 3.07. The largest absolute Gasteiger partial charge is 0.484 e. The molecule has 3 rings (SSSR count). The molecule has 24 heavy (non-hydrogen) atoms. The van der Waals surface area contributed by atoms with E-state index in [0.717, 1.165) is 38.0 Å². The molecule has 2 N–H and O–H groups in total. The molecule has 0 saturated carbocycles. The lowest BCUT2D eigenvalue weighted by atomic mass is 10.1. The highest BCUT2D eigenvalue weighted by molar-refractivity contribution is 5.78. The Balaban J connectivity index is 1.50. The summed E-state index contributed by atoms with van der Waals surface area (Å²) < 4.78 is 5.69. The number of benzene rings is 1. The van der Waals surface area contributed by atoms with Gasteiger partial charge in [-0.05, 0) is 55.4 Å². The van der Waals surface area contributed by atoms with Gasteiger partial charge in [-0.3, -0.25) is 4.79 Å². The van der Waals surface area contributed by atoms with E-state index in [4.69, 9.17) is 4.74 Å². The van der Waals surface area contributed by atoms with Gasteiger partial charge in [-0.15, -0.1) is 0 Å². The van der Waals surface area contributed by atoms with E-state index in [0.29, 0.717) is 6.54 Å². The van der Waals surface area contributed by atoms with Crippen LogP contribution in [-0.4, -0.2) is 49.6 Å². The van der Waals surface area contributed by atoms with Gasteiger partial charge in [0.1, 0.15) is 5.75 Å². The summed E-state index contributed by atoms with van der Waals surface area (Å²) in [5.74, 6) is 0.736. The molecule has 0 spiro atoms. The van der Waals surface area contributed by atoms with Crippen LogP contribution >= 0.6 is 0 Å². The second-order valence-electron chi connectivity index (χ2n) is 6.48. The number of hydrogen-bond donors (Lipinski definition) is 2. The molecule has 3 amide bonds. The molecule has 1 saturated heterocycles. The van der Waals surface area contributed by atoms with Crippen molar-refractivity contribution < 1.29 is 14.3 Å². The van der Waals surface area contributed by atoms with Crippen molar-refractivity contribution in [3.05, 3.63) is 29.3 Å². The summed E-state index contributed by atoms with van der Waals surface area (Å²) in [6.07, 6.45) is 5.22. The van der Waals surface area contributed by atoms with Gasteiger partial charge in [-0.25, -0.2) is 4.79 Å². The first-order valence-corrected chi connectivity index (χ1v) is 8.66. The van der Waals surface area contributed by atoms with Crippen LogP contribution in [0.25, 0.3) is 0 Å². The van der Waals surface area contributed by atoms with Crippen molar-refractivity contribution in [1.82, 2.24) is 15.5 Å². The molecule has 1 atom stereocenters. The quantitative estimate of drug-likeness (QED) is 0.878. The summed E-state index contributed by atoms with van der Waals surface area (Å²) in [4.78, 5) is 25.6. The molecular formula is C18H25N3O3. The first-order valence-electron chi connectivity index (χ1n) is 8.66. The number of carbonyl (C=O) groups excluding carboxylic acids is 2. The number of hydrogen-bond acceptors (Lipinski definition) is 3. The maximum absolute atomic E-state index is 12.4. The van der Waals surface area contributed by atoms with Gasteiger partial charge in [0.2, 0.25) is 0 Å². The van der Waals surface area contributed by atoms with E-state index in [9.17, 15) is 9.59 Å². The lowest BCUT2D eigenvalue weighted by Crippen LogP contribution is -2.52. The smallest absolute Gasteiger partial charge is 0.314 e. The third-order valence-corrected chi connectivity index (χ3v) is 4.77. The van der Waals surface area contributed by atoms with Crippen LogP contribution in [0.3, 0.4) is 0 Å². The van der Waals surface area contributed by atoms with Gasteiger partial charge in [-0.1, -0.05) is 6.07 Å². The Bertz CT molecular complexity index is 618. The number of fused-ring (bicyclic) bond motifs is 1. The van der Waals surface area contributed by atoms with Gasteiger partial charge >= 0.3 is 6.03 Å². The summed E-state index contributed by atoms with van der Waals surface area (Å²) in [6.45, 7) is 1.31. The van der Waals surface area contributed by atoms with E-state index < -0.39 is 0 Å². The van der Waals surface area contributed by atoms with Crippen LogP contribution in [0.5, 0.6) is 5.75 Å². The van der Waals surface area contributed by atoms with E-state index in [1.54, 1.807) is 11.9 Å². The fourth-order valence-electron chi connectivity index (χ4n) is 3.45. The van der Waals surface area contributed by atoms with Gasteiger partial charge in [0.05, 0.1) is 0 Å². The summed E-state index contributed by atoms with van der Waals surface area (Å²) in [5.41, 5.74) is 2.74. The van der Waals surface area contributed by atoms with Crippen LogP contribution in [0.15, 0.2) is 18.2 Å². The van der Waals surface area contributed by atoms with Crippen molar-refractivity contribution in [2.24, 2.45) is 0 Å². The normalized spacial score (nSPS) is 19.5. The van der Waals surface area contributed by atoms with Crippen molar-refractivity contribution in [2.45, 2.75) is 38.1 Å². The van der Waals surface area contributed by atoms with E-state index in [-0.39, 0.29) is 24.6 Å². The summed E-state index contributed by atoms with van der Waals surface area (Å²) in [7, 11) is 1.59. The molecule has 6 nitrogen and oxygen atoms in total. The van der Waals surface area contributed by atoms with Gasteiger partial charge in [0.25, 0.3) is 5.91 Å². The number of aryl methyl sites for hydroxylation is 2. The Labute approximate surface area is 142 Å². The molecular weight excluding hydrogens is 306 g/mol. The zero-order valence-electron chi connectivity index (χ0n) is 14.1. The van der Waals surface area contributed by atoms with Crippen molar-refractivity contribution in [2.75, 3.05) is 26.7 Å². The van der Waals surface area contributed by atoms with Crippen LogP contribution in [0.2, 0.25) is 0 Å². The molecule has 1 aromatic carbocycles.